The Morgan fingerprint density at radius 2 is 2.06 bits per heavy atom. The van der Waals surface area contributed by atoms with Crippen LogP contribution in [-0.4, -0.2) is 36.4 Å². The van der Waals surface area contributed by atoms with Crippen molar-refractivity contribution in [2.75, 3.05) is 18.1 Å². The lowest BCUT2D eigenvalue weighted by atomic mass is 9.98. The molecule has 0 radical (unpaired) electrons. The molecule has 17 heavy (non-hydrogen) atoms. The molecule has 1 aliphatic rings. The summed E-state index contributed by atoms with van der Waals surface area (Å²) >= 11 is 0. The normalized spacial score (nSPS) is 20.3. The van der Waals surface area contributed by atoms with Gasteiger partial charge in [-0.1, -0.05) is 0 Å². The average Bonchev–Trinajstić information content (AvgIpc) is 2.30. The first-order valence-corrected chi connectivity index (χ1v) is 7.65. The van der Waals surface area contributed by atoms with Gasteiger partial charge in [-0.15, -0.1) is 0 Å². The molecule has 5 nitrogen and oxygen atoms in total. The summed E-state index contributed by atoms with van der Waals surface area (Å²) in [7, 11) is -2.81. The summed E-state index contributed by atoms with van der Waals surface area (Å²) in [6, 6.07) is 1.88. The fraction of sp³-hybridized carbons (Fsp3) is 0.636. The van der Waals surface area contributed by atoms with Gasteiger partial charge in [0.2, 0.25) is 0 Å². The van der Waals surface area contributed by atoms with Crippen LogP contribution in [0.3, 0.4) is 0 Å². The number of nitrogens with zero attached hydrogens (tertiary/aromatic N) is 2. The number of nitrogens with two attached hydrogens (primary N) is 1. The molecule has 0 spiro atoms. The van der Waals surface area contributed by atoms with Gasteiger partial charge in [-0.05, 0) is 25.5 Å². The lowest BCUT2D eigenvalue weighted by molar-refractivity contribution is 0.542. The summed E-state index contributed by atoms with van der Waals surface area (Å²) in [5.74, 6) is 1.54. The van der Waals surface area contributed by atoms with Gasteiger partial charge in [0.15, 0.2) is 0 Å². The standard InChI is InChI=1S/C11H17N3O2S/c12-5-1-11-13-6-2-10(14-11)9-3-7-17(15,16)8-4-9/h2,6,9H,1,3-5,7-8,12H2. The van der Waals surface area contributed by atoms with Crippen LogP contribution in [0.2, 0.25) is 0 Å². The average molecular weight is 255 g/mol. The predicted octanol–water partition coefficient (Wildman–Crippen LogP) is 0.270. The Bertz CT molecular complexity index is 473. The highest BCUT2D eigenvalue weighted by atomic mass is 32.2. The van der Waals surface area contributed by atoms with Crippen LogP contribution < -0.4 is 5.73 Å². The molecule has 0 aromatic carbocycles. The first kappa shape index (κ1) is 12.4. The van der Waals surface area contributed by atoms with E-state index >= 15 is 0 Å². The molecule has 1 aromatic rings. The second-order valence-corrected chi connectivity index (χ2v) is 6.67. The Morgan fingerprint density at radius 1 is 1.35 bits per heavy atom. The molecule has 1 fully saturated rings. The highest BCUT2D eigenvalue weighted by Crippen LogP contribution is 2.27. The molecule has 1 saturated heterocycles. The maximum absolute atomic E-state index is 11.3. The number of aromatic nitrogens is 2. The Labute approximate surface area is 101 Å². The summed E-state index contributed by atoms with van der Waals surface area (Å²) in [5.41, 5.74) is 6.42. The largest absolute Gasteiger partial charge is 0.330 e. The van der Waals surface area contributed by atoms with Crippen molar-refractivity contribution in [1.82, 2.24) is 9.97 Å². The van der Waals surface area contributed by atoms with Crippen LogP contribution in [0.1, 0.15) is 30.3 Å². The smallest absolute Gasteiger partial charge is 0.150 e. The van der Waals surface area contributed by atoms with Crippen LogP contribution in [0.4, 0.5) is 0 Å². The molecule has 6 heteroatoms. The van der Waals surface area contributed by atoms with Crippen molar-refractivity contribution in [1.29, 1.82) is 0 Å². The van der Waals surface area contributed by atoms with Crippen molar-refractivity contribution in [3.63, 3.8) is 0 Å². The van der Waals surface area contributed by atoms with Crippen LogP contribution in [-0.2, 0) is 16.3 Å². The monoisotopic (exact) mass is 255 g/mol. The molecule has 0 bridgehead atoms. The molecule has 2 rings (SSSR count). The van der Waals surface area contributed by atoms with Gasteiger partial charge in [-0.2, -0.15) is 0 Å². The van der Waals surface area contributed by atoms with Crippen molar-refractivity contribution >= 4 is 9.84 Å². The molecule has 0 amide bonds. The van der Waals surface area contributed by atoms with E-state index in [2.05, 4.69) is 9.97 Å². The van der Waals surface area contributed by atoms with E-state index in [1.807, 2.05) is 6.07 Å². The van der Waals surface area contributed by atoms with E-state index in [4.69, 9.17) is 5.73 Å². The number of hydrogen-bond donors (Lipinski definition) is 1. The van der Waals surface area contributed by atoms with Gasteiger partial charge >= 0.3 is 0 Å². The van der Waals surface area contributed by atoms with Gasteiger partial charge in [-0.3, -0.25) is 0 Å². The van der Waals surface area contributed by atoms with Gasteiger partial charge < -0.3 is 5.73 Å². The van der Waals surface area contributed by atoms with E-state index in [1.165, 1.54) is 0 Å². The third-order valence-electron chi connectivity index (χ3n) is 3.07. The van der Waals surface area contributed by atoms with E-state index in [0.717, 1.165) is 11.5 Å². The summed E-state index contributed by atoms with van der Waals surface area (Å²) < 4.78 is 22.7. The highest BCUT2D eigenvalue weighted by Gasteiger charge is 2.25. The predicted molar refractivity (Wildman–Crippen MR) is 65.4 cm³/mol. The Kier molecular flexibility index (Phi) is 3.73. The van der Waals surface area contributed by atoms with Crippen LogP contribution >= 0.6 is 0 Å². The molecule has 2 N–H and O–H groups in total. The quantitative estimate of drug-likeness (QED) is 0.838. The SMILES string of the molecule is NCCc1nccc(C2CCS(=O)(=O)CC2)n1. The van der Waals surface area contributed by atoms with Crippen molar-refractivity contribution in [2.24, 2.45) is 5.73 Å². The van der Waals surface area contributed by atoms with Crippen LogP contribution in [0.25, 0.3) is 0 Å². The van der Waals surface area contributed by atoms with E-state index in [-0.39, 0.29) is 17.4 Å². The summed E-state index contributed by atoms with van der Waals surface area (Å²) in [6.45, 7) is 0.530. The fourth-order valence-electron chi connectivity index (χ4n) is 2.08. The first-order valence-electron chi connectivity index (χ1n) is 5.83. The third-order valence-corrected chi connectivity index (χ3v) is 4.78. The Balaban J connectivity index is 2.10. The topological polar surface area (TPSA) is 85.9 Å². The minimum atomic E-state index is -2.81. The van der Waals surface area contributed by atoms with E-state index in [9.17, 15) is 8.42 Å². The van der Waals surface area contributed by atoms with Gasteiger partial charge in [-0.25, -0.2) is 18.4 Å². The zero-order valence-corrected chi connectivity index (χ0v) is 10.5. The molecular formula is C11H17N3O2S. The van der Waals surface area contributed by atoms with Crippen molar-refractivity contribution in [3.05, 3.63) is 23.8 Å². The molecule has 1 aromatic heterocycles. The van der Waals surface area contributed by atoms with E-state index < -0.39 is 9.84 Å². The highest BCUT2D eigenvalue weighted by molar-refractivity contribution is 7.91. The molecular weight excluding hydrogens is 238 g/mol. The lowest BCUT2D eigenvalue weighted by Gasteiger charge is -2.21. The van der Waals surface area contributed by atoms with Gasteiger partial charge in [0, 0.05) is 24.2 Å². The molecule has 0 aliphatic carbocycles. The maximum Gasteiger partial charge on any atom is 0.150 e. The van der Waals surface area contributed by atoms with Crippen LogP contribution in [0, 0.1) is 0 Å². The molecule has 0 unspecified atom stereocenters. The fourth-order valence-corrected chi connectivity index (χ4v) is 3.57. The summed E-state index contributed by atoms with van der Waals surface area (Å²) in [4.78, 5) is 8.59. The first-order chi connectivity index (χ1) is 8.11. The number of sulfone groups is 1. The minimum absolute atomic E-state index is 0.248. The third kappa shape index (κ3) is 3.23. The maximum atomic E-state index is 11.3. The van der Waals surface area contributed by atoms with Crippen molar-refractivity contribution in [2.45, 2.75) is 25.2 Å². The van der Waals surface area contributed by atoms with Crippen molar-refractivity contribution < 1.29 is 8.42 Å². The Morgan fingerprint density at radius 3 is 2.71 bits per heavy atom. The van der Waals surface area contributed by atoms with E-state index in [0.29, 0.717) is 25.8 Å². The molecule has 0 atom stereocenters. The minimum Gasteiger partial charge on any atom is -0.330 e. The molecule has 94 valence electrons. The van der Waals surface area contributed by atoms with Gasteiger partial charge in [0.1, 0.15) is 15.7 Å². The second kappa shape index (κ2) is 5.10. The molecule has 2 heterocycles. The second-order valence-electron chi connectivity index (χ2n) is 4.36. The summed E-state index contributed by atoms with van der Waals surface area (Å²) in [6.07, 6.45) is 3.73. The van der Waals surface area contributed by atoms with Gasteiger partial charge in [0.05, 0.1) is 11.5 Å². The molecule has 1 aliphatic heterocycles. The van der Waals surface area contributed by atoms with E-state index in [1.54, 1.807) is 6.20 Å². The molecule has 0 saturated carbocycles. The number of rotatable bonds is 3. The van der Waals surface area contributed by atoms with Crippen LogP contribution in [0.5, 0.6) is 0 Å². The zero-order chi connectivity index (χ0) is 12.3. The van der Waals surface area contributed by atoms with Gasteiger partial charge in [0.25, 0.3) is 0 Å². The van der Waals surface area contributed by atoms with Crippen LogP contribution in [0.15, 0.2) is 12.3 Å². The summed E-state index contributed by atoms with van der Waals surface area (Å²) in [5, 5.41) is 0. The Hall–Kier alpha value is -1.01. The lowest BCUT2D eigenvalue weighted by Crippen LogP contribution is -2.23. The number of hydrogen-bond acceptors (Lipinski definition) is 5. The zero-order valence-electron chi connectivity index (χ0n) is 9.67. The van der Waals surface area contributed by atoms with Crippen molar-refractivity contribution in [3.8, 4) is 0 Å².